The molecule has 2 aromatic carbocycles. The molecule has 0 radical (unpaired) electrons. The molecule has 136 valence electrons. The van der Waals surface area contributed by atoms with Gasteiger partial charge < -0.3 is 10.3 Å². The fourth-order valence-electron chi connectivity index (χ4n) is 3.45. The Hall–Kier alpha value is -3.21. The average molecular weight is 360 g/mol. The third-order valence-electron chi connectivity index (χ3n) is 4.48. The number of anilines is 2. The van der Waals surface area contributed by atoms with Gasteiger partial charge in [-0.2, -0.15) is 0 Å². The predicted octanol–water partition coefficient (Wildman–Crippen LogP) is 5.36. The number of hydrogen-bond donors (Lipinski definition) is 2. The lowest BCUT2D eigenvalue weighted by atomic mass is 10.0. The molecule has 0 amide bonds. The molecular formula is C22H21FN4. The van der Waals surface area contributed by atoms with Crippen molar-refractivity contribution in [3.8, 4) is 0 Å². The zero-order valence-corrected chi connectivity index (χ0v) is 15.6. The van der Waals surface area contributed by atoms with Gasteiger partial charge >= 0.3 is 0 Å². The minimum atomic E-state index is -0.286. The molecule has 0 unspecified atom stereocenters. The van der Waals surface area contributed by atoms with Crippen molar-refractivity contribution in [1.29, 1.82) is 0 Å². The smallest absolute Gasteiger partial charge is 0.156 e. The van der Waals surface area contributed by atoms with Crippen LogP contribution in [0.1, 0.15) is 28.2 Å². The summed E-state index contributed by atoms with van der Waals surface area (Å²) in [6.07, 6.45) is 2.33. The van der Waals surface area contributed by atoms with Crippen LogP contribution in [0.2, 0.25) is 0 Å². The number of nitrogens with one attached hydrogen (secondary N) is 2. The number of aromatic amines is 1. The van der Waals surface area contributed by atoms with Crippen molar-refractivity contribution in [1.82, 2.24) is 15.0 Å². The van der Waals surface area contributed by atoms with E-state index < -0.39 is 0 Å². The highest BCUT2D eigenvalue weighted by Crippen LogP contribution is 2.27. The molecule has 4 rings (SSSR count). The van der Waals surface area contributed by atoms with Gasteiger partial charge in [0, 0.05) is 29.2 Å². The van der Waals surface area contributed by atoms with Gasteiger partial charge in [0.2, 0.25) is 0 Å². The molecule has 2 aromatic heterocycles. The van der Waals surface area contributed by atoms with E-state index >= 15 is 0 Å². The van der Waals surface area contributed by atoms with Gasteiger partial charge in [-0.1, -0.05) is 29.3 Å². The second-order valence-corrected chi connectivity index (χ2v) is 7.00. The van der Waals surface area contributed by atoms with Gasteiger partial charge in [-0.05, 0) is 50.6 Å². The monoisotopic (exact) mass is 360 g/mol. The summed E-state index contributed by atoms with van der Waals surface area (Å²) < 4.78 is 14.8. The van der Waals surface area contributed by atoms with Crippen LogP contribution in [-0.2, 0) is 6.42 Å². The van der Waals surface area contributed by atoms with E-state index in [4.69, 9.17) is 0 Å². The van der Waals surface area contributed by atoms with Crippen LogP contribution in [0, 0.1) is 26.6 Å². The second kappa shape index (κ2) is 6.83. The topological polar surface area (TPSA) is 53.6 Å². The van der Waals surface area contributed by atoms with Crippen LogP contribution in [0.5, 0.6) is 0 Å². The Morgan fingerprint density at radius 3 is 2.56 bits per heavy atom. The minimum Gasteiger partial charge on any atom is -0.359 e. The van der Waals surface area contributed by atoms with Crippen LogP contribution in [0.15, 0.2) is 48.7 Å². The van der Waals surface area contributed by atoms with E-state index in [0.717, 1.165) is 11.2 Å². The molecule has 27 heavy (non-hydrogen) atoms. The lowest BCUT2D eigenvalue weighted by Crippen LogP contribution is -2.02. The van der Waals surface area contributed by atoms with Crippen molar-refractivity contribution in [2.45, 2.75) is 27.2 Å². The molecule has 0 spiro atoms. The standard InChI is InChI=1S/C22H21FN4/c1-13-8-14(2)10-16(9-13)12-21-24-7-6-20(27-21)26-19-5-4-18-17(22(19)23)11-15(3)25-18/h4-11,25H,12H2,1-3H3,(H,24,26,27). The molecule has 4 aromatic rings. The second-order valence-electron chi connectivity index (χ2n) is 7.00. The zero-order chi connectivity index (χ0) is 19.0. The number of halogens is 1. The number of aryl methyl sites for hydroxylation is 3. The maximum absolute atomic E-state index is 14.8. The van der Waals surface area contributed by atoms with Crippen molar-refractivity contribution in [2.75, 3.05) is 5.32 Å². The number of benzene rings is 2. The fraction of sp³-hybridized carbons (Fsp3) is 0.182. The number of hydrogen-bond acceptors (Lipinski definition) is 3. The number of rotatable bonds is 4. The van der Waals surface area contributed by atoms with Gasteiger partial charge in [-0.3, -0.25) is 0 Å². The summed E-state index contributed by atoms with van der Waals surface area (Å²) in [7, 11) is 0. The third kappa shape index (κ3) is 3.67. The lowest BCUT2D eigenvalue weighted by molar-refractivity contribution is 0.643. The van der Waals surface area contributed by atoms with Crippen LogP contribution in [-0.4, -0.2) is 15.0 Å². The summed E-state index contributed by atoms with van der Waals surface area (Å²) in [5.74, 6) is 0.991. The number of aromatic nitrogens is 3. The van der Waals surface area contributed by atoms with Gasteiger partial charge in [-0.15, -0.1) is 0 Å². The molecule has 0 fully saturated rings. The number of H-pyrrole nitrogens is 1. The lowest BCUT2D eigenvalue weighted by Gasteiger charge is -2.09. The minimum absolute atomic E-state index is 0.286. The first-order valence-corrected chi connectivity index (χ1v) is 8.92. The van der Waals surface area contributed by atoms with Crippen LogP contribution in [0.3, 0.4) is 0 Å². The van der Waals surface area contributed by atoms with E-state index in [-0.39, 0.29) is 5.82 Å². The van der Waals surface area contributed by atoms with Crippen molar-refractivity contribution in [3.63, 3.8) is 0 Å². The van der Waals surface area contributed by atoms with E-state index in [1.54, 1.807) is 24.4 Å². The van der Waals surface area contributed by atoms with Gasteiger partial charge in [0.15, 0.2) is 5.82 Å². The Bertz CT molecular complexity index is 1110. The SMILES string of the molecule is Cc1cc(C)cc(Cc2nccc(Nc3ccc4[nH]c(C)cc4c3F)n2)c1. The van der Waals surface area contributed by atoms with E-state index in [1.165, 1.54) is 16.7 Å². The van der Waals surface area contributed by atoms with Crippen molar-refractivity contribution < 1.29 is 4.39 Å². The highest BCUT2D eigenvalue weighted by atomic mass is 19.1. The van der Waals surface area contributed by atoms with Gasteiger partial charge in [0.1, 0.15) is 11.6 Å². The third-order valence-corrected chi connectivity index (χ3v) is 4.48. The maximum atomic E-state index is 14.8. The highest BCUT2D eigenvalue weighted by molar-refractivity contribution is 5.85. The molecule has 0 bridgehead atoms. The molecule has 2 N–H and O–H groups in total. The molecule has 0 saturated carbocycles. The van der Waals surface area contributed by atoms with Crippen molar-refractivity contribution in [2.24, 2.45) is 0 Å². The zero-order valence-electron chi connectivity index (χ0n) is 15.6. The molecule has 5 heteroatoms. The normalized spacial score (nSPS) is 11.1. The van der Waals surface area contributed by atoms with Gasteiger partial charge in [0.05, 0.1) is 5.69 Å². The molecule has 0 saturated heterocycles. The summed E-state index contributed by atoms with van der Waals surface area (Å²) in [4.78, 5) is 12.1. The molecule has 0 aliphatic heterocycles. The van der Waals surface area contributed by atoms with Crippen LogP contribution in [0.25, 0.3) is 10.9 Å². The summed E-state index contributed by atoms with van der Waals surface area (Å²) in [5.41, 5.74) is 5.72. The van der Waals surface area contributed by atoms with Crippen LogP contribution >= 0.6 is 0 Å². The number of fused-ring (bicyclic) bond motifs is 1. The Balaban J connectivity index is 1.60. The first kappa shape index (κ1) is 17.2. The molecule has 0 atom stereocenters. The Kier molecular flexibility index (Phi) is 4.36. The van der Waals surface area contributed by atoms with E-state index in [1.807, 2.05) is 13.0 Å². The molecule has 0 aliphatic carbocycles. The van der Waals surface area contributed by atoms with E-state index in [9.17, 15) is 4.39 Å². The molecular weight excluding hydrogens is 339 g/mol. The summed E-state index contributed by atoms with van der Waals surface area (Å²) in [6.45, 7) is 6.07. The van der Waals surface area contributed by atoms with Crippen molar-refractivity contribution in [3.05, 3.63) is 82.7 Å². The van der Waals surface area contributed by atoms with Crippen LogP contribution < -0.4 is 5.32 Å². The fourth-order valence-corrected chi connectivity index (χ4v) is 3.45. The Morgan fingerprint density at radius 2 is 1.78 bits per heavy atom. The predicted molar refractivity (Wildman–Crippen MR) is 107 cm³/mol. The summed E-state index contributed by atoms with van der Waals surface area (Å²) in [5, 5.41) is 3.65. The van der Waals surface area contributed by atoms with E-state index in [2.05, 4.69) is 52.3 Å². The number of nitrogens with zero attached hydrogens (tertiary/aromatic N) is 2. The Labute approximate surface area is 157 Å². The first-order valence-electron chi connectivity index (χ1n) is 8.92. The van der Waals surface area contributed by atoms with E-state index in [0.29, 0.717) is 29.1 Å². The van der Waals surface area contributed by atoms with Crippen molar-refractivity contribution >= 4 is 22.4 Å². The largest absolute Gasteiger partial charge is 0.359 e. The summed E-state index contributed by atoms with van der Waals surface area (Å²) in [6, 6.07) is 13.6. The highest BCUT2D eigenvalue weighted by Gasteiger charge is 2.11. The quantitative estimate of drug-likeness (QED) is 0.515. The average Bonchev–Trinajstić information content (AvgIpc) is 2.98. The first-order chi connectivity index (χ1) is 13.0. The molecule has 2 heterocycles. The molecule has 0 aliphatic rings. The Morgan fingerprint density at radius 1 is 1.00 bits per heavy atom. The maximum Gasteiger partial charge on any atom is 0.156 e. The van der Waals surface area contributed by atoms with Gasteiger partial charge in [0.25, 0.3) is 0 Å². The van der Waals surface area contributed by atoms with Gasteiger partial charge in [-0.25, -0.2) is 14.4 Å². The molecule has 4 nitrogen and oxygen atoms in total. The summed E-state index contributed by atoms with van der Waals surface area (Å²) >= 11 is 0. The van der Waals surface area contributed by atoms with Crippen LogP contribution in [0.4, 0.5) is 15.9 Å².